The van der Waals surface area contributed by atoms with Gasteiger partial charge in [-0.2, -0.15) is 0 Å². The summed E-state index contributed by atoms with van der Waals surface area (Å²) in [5, 5.41) is 0. The number of rotatable bonds is 6. The third kappa shape index (κ3) is 3.57. The first-order chi connectivity index (χ1) is 6.74. The molecule has 0 amide bonds. The molecule has 0 aliphatic heterocycles. The van der Waals surface area contributed by atoms with Gasteiger partial charge >= 0.3 is 0 Å². The van der Waals surface area contributed by atoms with Gasteiger partial charge in [0.2, 0.25) is 0 Å². The fraction of sp³-hybridized carbons (Fsp3) is 0.500. The van der Waals surface area contributed by atoms with E-state index in [1.807, 2.05) is 19.1 Å². The number of ketones is 1. The molecule has 1 aromatic rings. The van der Waals surface area contributed by atoms with Crippen LogP contribution < -0.4 is 0 Å². The van der Waals surface area contributed by atoms with Crippen molar-refractivity contribution in [1.29, 1.82) is 0 Å². The summed E-state index contributed by atoms with van der Waals surface area (Å²) >= 11 is 1.50. The minimum atomic E-state index is 0.0409. The maximum Gasteiger partial charge on any atom is 0.198 e. The molecule has 1 aromatic heterocycles. The van der Waals surface area contributed by atoms with Gasteiger partial charge in [0.25, 0.3) is 0 Å². The molecule has 0 aliphatic carbocycles. The van der Waals surface area contributed by atoms with Crippen molar-refractivity contribution in [3.8, 4) is 0 Å². The zero-order valence-electron chi connectivity index (χ0n) is 8.41. The summed E-state index contributed by atoms with van der Waals surface area (Å²) in [5.41, 5.74) is 0. The highest BCUT2D eigenvalue weighted by atomic mass is 32.1. The van der Waals surface area contributed by atoms with Gasteiger partial charge in [-0.1, -0.05) is 0 Å². The van der Waals surface area contributed by atoms with Crippen LogP contribution in [0.3, 0.4) is 0 Å². The number of ether oxygens (including phenoxy) is 2. The van der Waals surface area contributed by atoms with Gasteiger partial charge in [0.15, 0.2) is 5.78 Å². The van der Waals surface area contributed by atoms with Crippen molar-refractivity contribution >= 4 is 17.1 Å². The normalized spacial score (nSPS) is 10.4. The molecule has 78 valence electrons. The Hall–Kier alpha value is -0.710. The monoisotopic (exact) mass is 214 g/mol. The highest BCUT2D eigenvalue weighted by Gasteiger charge is 2.07. The molecule has 0 spiro atoms. The Morgan fingerprint density at radius 1 is 1.43 bits per heavy atom. The molecule has 0 radical (unpaired) electrons. The molecule has 0 N–H and O–H groups in total. The van der Waals surface area contributed by atoms with E-state index in [0.29, 0.717) is 13.2 Å². The minimum Gasteiger partial charge on any atom is -0.382 e. The largest absolute Gasteiger partial charge is 0.382 e. The maximum atomic E-state index is 11.5. The Labute approximate surface area is 87.7 Å². The van der Waals surface area contributed by atoms with Crippen LogP contribution in [-0.2, 0) is 9.47 Å². The van der Waals surface area contributed by atoms with Crippen molar-refractivity contribution in [2.24, 2.45) is 0 Å². The maximum absolute atomic E-state index is 11.5. The summed E-state index contributed by atoms with van der Waals surface area (Å²) in [6.45, 7) is 3.11. The second kappa shape index (κ2) is 5.90. The Kier molecular flexibility index (Phi) is 4.79. The number of Topliss-reactive ketones (excluding diaryl/α,β-unsaturated/α-hetero) is 1. The van der Waals surface area contributed by atoms with Crippen molar-refractivity contribution < 1.29 is 14.3 Å². The van der Waals surface area contributed by atoms with E-state index < -0.39 is 0 Å². The van der Waals surface area contributed by atoms with Crippen LogP contribution in [0.15, 0.2) is 12.1 Å². The Morgan fingerprint density at radius 2 is 2.21 bits per heavy atom. The number of carbonyl (C=O) groups is 1. The lowest BCUT2D eigenvalue weighted by Crippen LogP contribution is -2.10. The summed E-state index contributed by atoms with van der Waals surface area (Å²) in [5.74, 6) is 0.0409. The van der Waals surface area contributed by atoms with Crippen molar-refractivity contribution in [2.75, 3.05) is 26.9 Å². The summed E-state index contributed by atoms with van der Waals surface area (Å²) in [4.78, 5) is 13.4. The van der Waals surface area contributed by atoms with Gasteiger partial charge < -0.3 is 9.47 Å². The predicted octanol–water partition coefficient (Wildman–Crippen LogP) is 1.90. The lowest BCUT2D eigenvalue weighted by Gasteiger charge is -2.00. The van der Waals surface area contributed by atoms with Crippen LogP contribution >= 0.6 is 11.3 Å². The van der Waals surface area contributed by atoms with Crippen molar-refractivity contribution in [2.45, 2.75) is 6.92 Å². The average molecular weight is 214 g/mol. The van der Waals surface area contributed by atoms with Gasteiger partial charge in [-0.15, -0.1) is 11.3 Å². The van der Waals surface area contributed by atoms with Crippen LogP contribution in [0, 0.1) is 6.92 Å². The topological polar surface area (TPSA) is 35.5 Å². The zero-order valence-corrected chi connectivity index (χ0v) is 9.23. The fourth-order valence-electron chi connectivity index (χ4n) is 0.963. The smallest absolute Gasteiger partial charge is 0.198 e. The molecule has 0 unspecified atom stereocenters. The van der Waals surface area contributed by atoms with E-state index >= 15 is 0 Å². The molecule has 0 aromatic carbocycles. The third-order valence-electron chi connectivity index (χ3n) is 1.68. The van der Waals surface area contributed by atoms with Crippen LogP contribution in [0.4, 0.5) is 0 Å². The molecule has 0 saturated heterocycles. The zero-order chi connectivity index (χ0) is 10.4. The van der Waals surface area contributed by atoms with Crippen LogP contribution in [-0.4, -0.2) is 32.7 Å². The fourth-order valence-corrected chi connectivity index (χ4v) is 1.75. The summed E-state index contributed by atoms with van der Waals surface area (Å²) in [6, 6.07) is 3.77. The van der Waals surface area contributed by atoms with Crippen molar-refractivity contribution in [3.63, 3.8) is 0 Å². The molecular formula is C10H14O3S. The highest BCUT2D eigenvalue weighted by Crippen LogP contribution is 2.15. The molecule has 3 nitrogen and oxygen atoms in total. The van der Waals surface area contributed by atoms with Crippen molar-refractivity contribution in [1.82, 2.24) is 0 Å². The van der Waals surface area contributed by atoms with E-state index in [9.17, 15) is 4.79 Å². The lowest BCUT2D eigenvalue weighted by atomic mass is 10.3. The molecule has 4 heteroatoms. The standard InChI is InChI=1S/C10H14O3S/c1-8-3-4-10(14-8)9(11)7-13-6-5-12-2/h3-4H,5-7H2,1-2H3. The van der Waals surface area contributed by atoms with E-state index in [1.165, 1.54) is 11.3 Å². The molecule has 0 fully saturated rings. The Morgan fingerprint density at radius 3 is 2.79 bits per heavy atom. The molecule has 0 aliphatic rings. The highest BCUT2D eigenvalue weighted by molar-refractivity contribution is 7.14. The molecule has 0 atom stereocenters. The minimum absolute atomic E-state index is 0.0409. The van der Waals surface area contributed by atoms with Gasteiger partial charge in [-0.25, -0.2) is 0 Å². The van der Waals surface area contributed by atoms with Crippen molar-refractivity contribution in [3.05, 3.63) is 21.9 Å². The molecular weight excluding hydrogens is 200 g/mol. The summed E-state index contributed by atoms with van der Waals surface area (Å²) in [7, 11) is 1.60. The van der Waals surface area contributed by atoms with E-state index in [1.54, 1.807) is 7.11 Å². The first-order valence-corrected chi connectivity index (χ1v) is 5.22. The summed E-state index contributed by atoms with van der Waals surface area (Å²) < 4.78 is 9.93. The predicted molar refractivity (Wildman–Crippen MR) is 56.1 cm³/mol. The Balaban J connectivity index is 2.29. The van der Waals surface area contributed by atoms with Gasteiger partial charge in [0.1, 0.15) is 6.61 Å². The molecule has 0 bridgehead atoms. The number of hydrogen-bond acceptors (Lipinski definition) is 4. The molecule has 1 rings (SSSR count). The second-order valence-electron chi connectivity index (χ2n) is 2.88. The molecule has 0 saturated carbocycles. The number of carbonyl (C=O) groups excluding carboxylic acids is 1. The first-order valence-electron chi connectivity index (χ1n) is 4.40. The second-order valence-corrected chi connectivity index (χ2v) is 4.17. The van der Waals surface area contributed by atoms with Gasteiger partial charge in [0.05, 0.1) is 18.1 Å². The quantitative estimate of drug-likeness (QED) is 0.536. The van der Waals surface area contributed by atoms with E-state index in [0.717, 1.165) is 9.75 Å². The third-order valence-corrected chi connectivity index (χ3v) is 2.72. The number of hydrogen-bond donors (Lipinski definition) is 0. The molecule has 14 heavy (non-hydrogen) atoms. The van der Waals surface area contributed by atoms with E-state index in [-0.39, 0.29) is 12.4 Å². The van der Waals surface area contributed by atoms with Crippen LogP contribution in [0.25, 0.3) is 0 Å². The van der Waals surface area contributed by atoms with Gasteiger partial charge in [-0.05, 0) is 19.1 Å². The van der Waals surface area contributed by atoms with Crippen LogP contribution in [0.2, 0.25) is 0 Å². The van der Waals surface area contributed by atoms with Crippen LogP contribution in [0.5, 0.6) is 0 Å². The molecule has 1 heterocycles. The van der Waals surface area contributed by atoms with Gasteiger partial charge in [0, 0.05) is 12.0 Å². The number of methoxy groups -OCH3 is 1. The Bertz CT molecular complexity index is 293. The SMILES string of the molecule is COCCOCC(=O)c1ccc(C)s1. The average Bonchev–Trinajstić information content (AvgIpc) is 2.59. The number of thiophene rings is 1. The first kappa shape index (κ1) is 11.4. The lowest BCUT2D eigenvalue weighted by molar-refractivity contribution is 0.0579. The van der Waals surface area contributed by atoms with E-state index in [4.69, 9.17) is 9.47 Å². The van der Waals surface area contributed by atoms with E-state index in [2.05, 4.69) is 0 Å². The van der Waals surface area contributed by atoms with Gasteiger partial charge in [-0.3, -0.25) is 4.79 Å². The van der Waals surface area contributed by atoms with Crippen LogP contribution in [0.1, 0.15) is 14.5 Å². The summed E-state index contributed by atoms with van der Waals surface area (Å²) in [6.07, 6.45) is 0. The number of aryl methyl sites for hydroxylation is 1.